The van der Waals surface area contributed by atoms with E-state index in [2.05, 4.69) is 6.92 Å². The molecule has 11 heavy (non-hydrogen) atoms. The Bertz CT molecular complexity index is 106. The quantitative estimate of drug-likeness (QED) is 0.538. The molecule has 64 valence electrons. The summed E-state index contributed by atoms with van der Waals surface area (Å²) >= 11 is 0. The Kier molecular flexibility index (Phi) is 2.20. The lowest BCUT2D eigenvalue weighted by Gasteiger charge is -2.42. The zero-order valence-electron chi connectivity index (χ0n) is 7.68. The van der Waals surface area contributed by atoms with Crippen molar-refractivity contribution in [3.8, 4) is 0 Å². The molecule has 0 saturated heterocycles. The summed E-state index contributed by atoms with van der Waals surface area (Å²) in [6, 6.07) is 0. The van der Waals surface area contributed by atoms with Crippen LogP contribution in [0.3, 0.4) is 0 Å². The van der Waals surface area contributed by atoms with Crippen LogP contribution in [0, 0.1) is 17.8 Å². The van der Waals surface area contributed by atoms with E-state index in [1.165, 1.54) is 19.3 Å². The van der Waals surface area contributed by atoms with Crippen molar-refractivity contribution in [3.63, 3.8) is 0 Å². The molecule has 2 fully saturated rings. The highest BCUT2D eigenvalue weighted by molar-refractivity contribution is 4.85. The molecule has 0 atom stereocenters. The molecule has 0 heterocycles. The molecular formula is C11H20. The molecule has 0 spiro atoms. The van der Waals surface area contributed by atoms with E-state index in [1.807, 2.05) is 0 Å². The summed E-state index contributed by atoms with van der Waals surface area (Å²) < 4.78 is 0. The fraction of sp³-hybridized carbons (Fsp3) is 1.00. The third-order valence-corrected chi connectivity index (χ3v) is 3.98. The average molecular weight is 152 g/mol. The lowest BCUT2D eigenvalue weighted by molar-refractivity contribution is 0.0897. The zero-order valence-corrected chi connectivity index (χ0v) is 7.68. The minimum Gasteiger partial charge on any atom is -0.0651 e. The second-order valence-corrected chi connectivity index (χ2v) is 4.45. The van der Waals surface area contributed by atoms with Crippen LogP contribution >= 0.6 is 0 Å². The van der Waals surface area contributed by atoms with E-state index in [4.69, 9.17) is 0 Å². The Morgan fingerprint density at radius 3 is 1.64 bits per heavy atom. The molecule has 0 nitrogen and oxygen atoms in total. The second-order valence-electron chi connectivity index (χ2n) is 4.45. The molecule has 0 amide bonds. The van der Waals surface area contributed by atoms with Gasteiger partial charge >= 0.3 is 0 Å². The van der Waals surface area contributed by atoms with Crippen LogP contribution in [-0.2, 0) is 0 Å². The van der Waals surface area contributed by atoms with E-state index >= 15 is 0 Å². The van der Waals surface area contributed by atoms with E-state index in [1.54, 1.807) is 25.7 Å². The van der Waals surface area contributed by atoms with Crippen LogP contribution in [0.1, 0.15) is 51.9 Å². The highest BCUT2D eigenvalue weighted by Gasteiger charge is 2.34. The first-order chi connectivity index (χ1) is 5.42. The predicted molar refractivity (Wildman–Crippen MR) is 48.5 cm³/mol. The highest BCUT2D eigenvalue weighted by atomic mass is 14.4. The van der Waals surface area contributed by atoms with Gasteiger partial charge < -0.3 is 0 Å². The molecule has 0 N–H and O–H groups in total. The monoisotopic (exact) mass is 152 g/mol. The number of rotatable bonds is 1. The van der Waals surface area contributed by atoms with Gasteiger partial charge in [0.1, 0.15) is 0 Å². The van der Waals surface area contributed by atoms with Gasteiger partial charge in [0.15, 0.2) is 0 Å². The van der Waals surface area contributed by atoms with Gasteiger partial charge in [-0.15, -0.1) is 0 Å². The first kappa shape index (κ1) is 7.64. The highest BCUT2D eigenvalue weighted by Crippen LogP contribution is 2.45. The lowest BCUT2D eigenvalue weighted by Crippen LogP contribution is -2.31. The minimum atomic E-state index is 1.12. The summed E-state index contributed by atoms with van der Waals surface area (Å²) in [5.41, 5.74) is 0. The largest absolute Gasteiger partial charge is 0.0651 e. The zero-order chi connectivity index (χ0) is 7.68. The SMILES string of the molecule is CCC1C2CCCC1CCC2. The molecule has 0 unspecified atom stereocenters. The van der Waals surface area contributed by atoms with Gasteiger partial charge in [0, 0.05) is 0 Å². The maximum atomic E-state index is 2.39. The van der Waals surface area contributed by atoms with Crippen LogP contribution in [0.4, 0.5) is 0 Å². The molecule has 2 aliphatic rings. The molecule has 2 bridgehead atoms. The standard InChI is InChI=1S/C11H20/c1-2-11-9-5-3-6-10(11)8-4-7-9/h9-11H,2-8H2,1H3. The molecule has 2 saturated carbocycles. The molecular weight excluding hydrogens is 132 g/mol. The average Bonchev–Trinajstić information content (AvgIpc) is 2.03. The molecule has 0 aromatic rings. The van der Waals surface area contributed by atoms with Crippen molar-refractivity contribution in [1.29, 1.82) is 0 Å². The van der Waals surface area contributed by atoms with Crippen molar-refractivity contribution >= 4 is 0 Å². The van der Waals surface area contributed by atoms with Crippen molar-refractivity contribution in [3.05, 3.63) is 0 Å². The smallest absolute Gasteiger partial charge is 0.0360 e. The number of fused-ring (bicyclic) bond motifs is 2. The molecule has 0 aliphatic heterocycles. The van der Waals surface area contributed by atoms with E-state index in [0.717, 1.165) is 17.8 Å². The Morgan fingerprint density at radius 1 is 0.909 bits per heavy atom. The van der Waals surface area contributed by atoms with E-state index in [9.17, 15) is 0 Å². The van der Waals surface area contributed by atoms with Crippen LogP contribution in [-0.4, -0.2) is 0 Å². The number of hydrogen-bond donors (Lipinski definition) is 0. The van der Waals surface area contributed by atoms with Crippen molar-refractivity contribution < 1.29 is 0 Å². The van der Waals surface area contributed by atoms with E-state index < -0.39 is 0 Å². The first-order valence-corrected chi connectivity index (χ1v) is 5.42. The van der Waals surface area contributed by atoms with Crippen molar-refractivity contribution in [1.82, 2.24) is 0 Å². The second kappa shape index (κ2) is 3.16. The molecule has 0 radical (unpaired) electrons. The third-order valence-electron chi connectivity index (χ3n) is 3.98. The normalized spacial score (nSPS) is 43.9. The van der Waals surface area contributed by atoms with E-state index in [0.29, 0.717) is 0 Å². The summed E-state index contributed by atoms with van der Waals surface area (Å²) in [4.78, 5) is 0. The topological polar surface area (TPSA) is 0 Å². The molecule has 0 aromatic heterocycles. The lowest BCUT2D eigenvalue weighted by atomic mass is 9.64. The third kappa shape index (κ3) is 1.32. The van der Waals surface area contributed by atoms with Gasteiger partial charge in [-0.25, -0.2) is 0 Å². The Balaban J connectivity index is 2.04. The minimum absolute atomic E-state index is 1.12. The summed E-state index contributed by atoms with van der Waals surface area (Å²) in [5.74, 6) is 3.39. The van der Waals surface area contributed by atoms with Gasteiger partial charge in [0.05, 0.1) is 0 Å². The molecule has 0 heteroatoms. The van der Waals surface area contributed by atoms with Gasteiger partial charge in [-0.2, -0.15) is 0 Å². The Morgan fingerprint density at radius 2 is 1.36 bits per heavy atom. The molecule has 2 aliphatic carbocycles. The predicted octanol–water partition coefficient (Wildman–Crippen LogP) is 3.61. The summed E-state index contributed by atoms with van der Waals surface area (Å²) in [5, 5.41) is 0. The molecule has 0 aromatic carbocycles. The van der Waals surface area contributed by atoms with Gasteiger partial charge in [0.25, 0.3) is 0 Å². The maximum absolute atomic E-state index is 2.39. The van der Waals surface area contributed by atoms with Crippen LogP contribution in [0.2, 0.25) is 0 Å². The Labute approximate surface area is 70.4 Å². The van der Waals surface area contributed by atoms with Gasteiger partial charge in [-0.3, -0.25) is 0 Å². The summed E-state index contributed by atoms with van der Waals surface area (Å²) in [7, 11) is 0. The van der Waals surface area contributed by atoms with Gasteiger partial charge in [-0.1, -0.05) is 51.9 Å². The summed E-state index contributed by atoms with van der Waals surface area (Å²) in [6.45, 7) is 2.39. The van der Waals surface area contributed by atoms with Crippen LogP contribution in [0.5, 0.6) is 0 Å². The van der Waals surface area contributed by atoms with Gasteiger partial charge in [-0.05, 0) is 17.8 Å². The summed E-state index contributed by atoms with van der Waals surface area (Å²) in [6.07, 6.45) is 10.7. The maximum Gasteiger partial charge on any atom is -0.0360 e. The van der Waals surface area contributed by atoms with Crippen molar-refractivity contribution in [2.45, 2.75) is 51.9 Å². The fourth-order valence-electron chi connectivity index (χ4n) is 3.48. The Hall–Kier alpha value is 0. The van der Waals surface area contributed by atoms with Gasteiger partial charge in [0.2, 0.25) is 0 Å². The van der Waals surface area contributed by atoms with Crippen molar-refractivity contribution in [2.24, 2.45) is 17.8 Å². The number of hydrogen-bond acceptors (Lipinski definition) is 0. The fourth-order valence-corrected chi connectivity index (χ4v) is 3.48. The molecule has 2 rings (SSSR count). The van der Waals surface area contributed by atoms with Crippen molar-refractivity contribution in [2.75, 3.05) is 0 Å². The van der Waals surface area contributed by atoms with Crippen LogP contribution in [0.25, 0.3) is 0 Å². The van der Waals surface area contributed by atoms with E-state index in [-0.39, 0.29) is 0 Å². The first-order valence-electron chi connectivity index (χ1n) is 5.42. The van der Waals surface area contributed by atoms with Crippen LogP contribution < -0.4 is 0 Å². The van der Waals surface area contributed by atoms with Crippen LogP contribution in [0.15, 0.2) is 0 Å².